The Morgan fingerprint density at radius 3 is 2.61 bits per heavy atom. The molecule has 0 aromatic heterocycles. The van der Waals surface area contributed by atoms with Gasteiger partial charge in [-0.2, -0.15) is 0 Å². The van der Waals surface area contributed by atoms with E-state index in [1.165, 1.54) is 0 Å². The third kappa shape index (κ3) is 4.33. The van der Waals surface area contributed by atoms with E-state index in [4.69, 9.17) is 21.1 Å². The average Bonchev–Trinajstić information content (AvgIpc) is 3.41. The van der Waals surface area contributed by atoms with E-state index in [-0.39, 0.29) is 30.4 Å². The van der Waals surface area contributed by atoms with E-state index in [0.29, 0.717) is 29.6 Å². The summed E-state index contributed by atoms with van der Waals surface area (Å²) in [5.74, 6) is 0.611. The minimum Gasteiger partial charge on any atom is -0.489 e. The SMILES string of the molecule is O=C1CCC(N2Cc3cc(O[C@@H]4CCC[C@H]4N4CC(Oc5ccccc5Cl)C4)ccc3C2=O)C(=O)N1. The lowest BCUT2D eigenvalue weighted by Crippen LogP contribution is -2.60. The van der Waals surface area contributed by atoms with Crippen LogP contribution in [0.1, 0.15) is 48.0 Å². The van der Waals surface area contributed by atoms with Crippen molar-refractivity contribution in [2.75, 3.05) is 13.1 Å². The van der Waals surface area contributed by atoms with Crippen LogP contribution in [-0.4, -0.2) is 64.9 Å². The third-order valence-electron chi connectivity index (χ3n) is 7.68. The summed E-state index contributed by atoms with van der Waals surface area (Å²) in [5.41, 5.74) is 1.45. The van der Waals surface area contributed by atoms with Gasteiger partial charge in [0, 0.05) is 37.7 Å². The van der Waals surface area contributed by atoms with Crippen LogP contribution in [0.4, 0.5) is 0 Å². The number of hydrogen-bond acceptors (Lipinski definition) is 6. The highest BCUT2D eigenvalue weighted by Crippen LogP contribution is 2.35. The van der Waals surface area contributed by atoms with E-state index in [1.807, 2.05) is 36.4 Å². The Hall–Kier alpha value is -3.10. The van der Waals surface area contributed by atoms with E-state index in [1.54, 1.807) is 11.0 Å². The fraction of sp³-hybridized carbons (Fsp3) is 0.444. The molecule has 3 fully saturated rings. The molecule has 2 aromatic carbocycles. The van der Waals surface area contributed by atoms with E-state index in [2.05, 4.69) is 10.2 Å². The van der Waals surface area contributed by atoms with Crippen LogP contribution in [0.5, 0.6) is 11.5 Å². The minimum atomic E-state index is -0.612. The number of imide groups is 1. The highest BCUT2D eigenvalue weighted by atomic mass is 35.5. The highest BCUT2D eigenvalue weighted by Gasteiger charge is 2.42. The van der Waals surface area contributed by atoms with Gasteiger partial charge in [-0.05, 0) is 61.6 Å². The number of amides is 3. The van der Waals surface area contributed by atoms with Crippen LogP contribution in [0.25, 0.3) is 0 Å². The average molecular weight is 510 g/mol. The number of halogens is 1. The molecule has 3 aliphatic heterocycles. The Balaban J connectivity index is 1.07. The summed E-state index contributed by atoms with van der Waals surface area (Å²) in [5, 5.41) is 2.97. The molecule has 1 unspecified atom stereocenters. The number of ether oxygens (including phenoxy) is 2. The van der Waals surface area contributed by atoms with Crippen LogP contribution in [-0.2, 0) is 16.1 Å². The highest BCUT2D eigenvalue weighted by molar-refractivity contribution is 6.32. The van der Waals surface area contributed by atoms with Gasteiger partial charge in [0.25, 0.3) is 5.91 Å². The molecule has 1 N–H and O–H groups in total. The molecule has 3 heterocycles. The van der Waals surface area contributed by atoms with Gasteiger partial charge in [0.05, 0.1) is 5.02 Å². The second-order valence-corrected chi connectivity index (χ2v) is 10.4. The smallest absolute Gasteiger partial charge is 0.255 e. The number of carbonyl (C=O) groups is 3. The van der Waals surface area contributed by atoms with Gasteiger partial charge in [-0.3, -0.25) is 24.6 Å². The first-order chi connectivity index (χ1) is 17.5. The molecule has 4 aliphatic rings. The second kappa shape index (κ2) is 9.41. The first-order valence-corrected chi connectivity index (χ1v) is 12.9. The maximum absolute atomic E-state index is 12.9. The Labute approximate surface area is 214 Å². The first-order valence-electron chi connectivity index (χ1n) is 12.6. The summed E-state index contributed by atoms with van der Waals surface area (Å²) >= 11 is 6.23. The molecule has 9 heteroatoms. The molecule has 0 bridgehead atoms. The summed E-state index contributed by atoms with van der Waals surface area (Å²) in [6, 6.07) is 12.8. The molecule has 0 radical (unpaired) electrons. The predicted octanol–water partition coefficient (Wildman–Crippen LogP) is 3.16. The third-order valence-corrected chi connectivity index (χ3v) is 7.99. The van der Waals surface area contributed by atoms with Crippen molar-refractivity contribution < 1.29 is 23.9 Å². The Morgan fingerprint density at radius 1 is 0.972 bits per heavy atom. The summed E-state index contributed by atoms with van der Waals surface area (Å²) in [6.07, 6.45) is 3.96. The zero-order valence-corrected chi connectivity index (χ0v) is 20.6. The largest absolute Gasteiger partial charge is 0.489 e. The maximum atomic E-state index is 12.9. The molecule has 2 saturated heterocycles. The van der Waals surface area contributed by atoms with E-state index >= 15 is 0 Å². The molecule has 8 nitrogen and oxygen atoms in total. The fourth-order valence-electron chi connectivity index (χ4n) is 5.80. The number of rotatable bonds is 6. The second-order valence-electron chi connectivity index (χ2n) is 10.00. The van der Waals surface area contributed by atoms with Crippen molar-refractivity contribution in [1.82, 2.24) is 15.1 Å². The monoisotopic (exact) mass is 509 g/mol. The maximum Gasteiger partial charge on any atom is 0.255 e. The predicted molar refractivity (Wildman–Crippen MR) is 132 cm³/mol. The van der Waals surface area contributed by atoms with Gasteiger partial charge in [-0.25, -0.2) is 0 Å². The van der Waals surface area contributed by atoms with Crippen LogP contribution in [0.3, 0.4) is 0 Å². The Bertz CT molecular complexity index is 1210. The van der Waals surface area contributed by atoms with Crippen LogP contribution < -0.4 is 14.8 Å². The van der Waals surface area contributed by atoms with Crippen molar-refractivity contribution in [2.24, 2.45) is 0 Å². The van der Waals surface area contributed by atoms with Crippen LogP contribution in [0.2, 0.25) is 5.02 Å². The Morgan fingerprint density at radius 2 is 1.81 bits per heavy atom. The lowest BCUT2D eigenvalue weighted by Gasteiger charge is -2.44. The van der Waals surface area contributed by atoms with Crippen LogP contribution >= 0.6 is 11.6 Å². The number of likely N-dealkylation sites (tertiary alicyclic amines) is 1. The molecule has 6 rings (SSSR count). The number of piperidine rings is 1. The fourth-order valence-corrected chi connectivity index (χ4v) is 5.98. The lowest BCUT2D eigenvalue weighted by molar-refractivity contribution is -0.136. The van der Waals surface area contributed by atoms with Crippen molar-refractivity contribution in [2.45, 2.75) is 62.9 Å². The van der Waals surface area contributed by atoms with Crippen molar-refractivity contribution in [3.05, 3.63) is 58.6 Å². The molecular weight excluding hydrogens is 482 g/mol. The number of nitrogens with one attached hydrogen (secondary N) is 1. The standard InChI is InChI=1S/C27H28ClN3O5/c28-20-4-1-2-6-23(20)36-18-14-30(15-18)21-5-3-7-24(21)35-17-8-9-19-16(12-17)13-31(27(19)34)22-10-11-25(32)29-26(22)33/h1-2,4,6,8-9,12,18,21-22,24H,3,5,7,10-11,13-15H2,(H,29,32,33)/t21-,22?,24-/m1/s1. The van der Waals surface area contributed by atoms with Gasteiger partial charge in [-0.15, -0.1) is 0 Å². The summed E-state index contributed by atoms with van der Waals surface area (Å²) in [7, 11) is 0. The molecule has 0 spiro atoms. The number of benzene rings is 2. The summed E-state index contributed by atoms with van der Waals surface area (Å²) < 4.78 is 12.5. The molecule has 1 aliphatic carbocycles. The first kappa shape index (κ1) is 23.3. The minimum absolute atomic E-state index is 0.0765. The number of para-hydroxylation sites is 1. The van der Waals surface area contributed by atoms with Gasteiger partial charge < -0.3 is 14.4 Å². The van der Waals surface area contributed by atoms with Gasteiger partial charge in [-0.1, -0.05) is 23.7 Å². The van der Waals surface area contributed by atoms with Crippen molar-refractivity contribution in [3.8, 4) is 11.5 Å². The quantitative estimate of drug-likeness (QED) is 0.602. The summed E-state index contributed by atoms with van der Waals surface area (Å²) in [6.45, 7) is 2.03. The molecular formula is C27H28ClN3O5. The van der Waals surface area contributed by atoms with Gasteiger partial charge in [0.2, 0.25) is 11.8 Å². The number of carbonyl (C=O) groups excluding carboxylic acids is 3. The molecule has 3 amide bonds. The van der Waals surface area contributed by atoms with Crippen molar-refractivity contribution in [1.29, 1.82) is 0 Å². The lowest BCUT2D eigenvalue weighted by atomic mass is 10.0. The Kier molecular flexibility index (Phi) is 6.09. The van der Waals surface area contributed by atoms with E-state index in [0.717, 1.165) is 49.4 Å². The summed E-state index contributed by atoms with van der Waals surface area (Å²) in [4.78, 5) is 40.7. The van der Waals surface area contributed by atoms with Gasteiger partial charge >= 0.3 is 0 Å². The zero-order valence-electron chi connectivity index (χ0n) is 19.8. The van der Waals surface area contributed by atoms with Crippen molar-refractivity contribution >= 4 is 29.3 Å². The van der Waals surface area contributed by atoms with E-state index in [9.17, 15) is 14.4 Å². The van der Waals surface area contributed by atoms with Crippen LogP contribution in [0.15, 0.2) is 42.5 Å². The molecule has 1 saturated carbocycles. The number of fused-ring (bicyclic) bond motifs is 1. The molecule has 36 heavy (non-hydrogen) atoms. The van der Waals surface area contributed by atoms with E-state index < -0.39 is 11.9 Å². The number of hydrogen-bond donors (Lipinski definition) is 1. The topological polar surface area (TPSA) is 88.2 Å². The molecule has 2 aromatic rings. The number of nitrogens with zero attached hydrogens (tertiary/aromatic N) is 2. The molecule has 3 atom stereocenters. The van der Waals surface area contributed by atoms with Gasteiger partial charge in [0.15, 0.2) is 0 Å². The molecule has 188 valence electrons. The normalized spacial score (nSPS) is 26.5. The van der Waals surface area contributed by atoms with Gasteiger partial charge in [0.1, 0.15) is 29.7 Å². The zero-order chi connectivity index (χ0) is 24.8. The van der Waals surface area contributed by atoms with Crippen molar-refractivity contribution in [3.63, 3.8) is 0 Å². The van der Waals surface area contributed by atoms with Crippen LogP contribution in [0, 0.1) is 0 Å².